The molecule has 3 heteroatoms. The molecule has 0 saturated carbocycles. The van der Waals surface area contributed by atoms with E-state index in [1.54, 1.807) is 0 Å². The lowest BCUT2D eigenvalue weighted by Gasteiger charge is -2.24. The van der Waals surface area contributed by atoms with Crippen LogP contribution in [0, 0.1) is 6.92 Å². The zero-order valence-electron chi connectivity index (χ0n) is 10.5. The Labute approximate surface area is 112 Å². The molecule has 2 nitrogen and oxygen atoms in total. The van der Waals surface area contributed by atoms with E-state index in [2.05, 4.69) is 29.4 Å². The standard InChI is InChI=1S/C15H17ClN2/c1-10-5-12-6-13(16)7-14(15(12)18-8-10)11-3-2-4-17-9-11/h5-8,11,17H,2-4,9H2,1H3. The summed E-state index contributed by atoms with van der Waals surface area (Å²) < 4.78 is 0. The number of nitrogens with zero attached hydrogens (tertiary/aromatic N) is 1. The molecular weight excluding hydrogens is 244 g/mol. The van der Waals surface area contributed by atoms with Crippen LogP contribution in [0.3, 0.4) is 0 Å². The van der Waals surface area contributed by atoms with Crippen molar-refractivity contribution in [1.29, 1.82) is 0 Å². The largest absolute Gasteiger partial charge is 0.316 e. The minimum absolute atomic E-state index is 0.537. The van der Waals surface area contributed by atoms with Crippen LogP contribution in [0.2, 0.25) is 5.02 Å². The van der Waals surface area contributed by atoms with Crippen molar-refractivity contribution in [2.24, 2.45) is 0 Å². The average molecular weight is 261 g/mol. The summed E-state index contributed by atoms with van der Waals surface area (Å²) >= 11 is 6.25. The number of aryl methyl sites for hydroxylation is 1. The van der Waals surface area contributed by atoms with Crippen LogP contribution < -0.4 is 5.32 Å². The van der Waals surface area contributed by atoms with Gasteiger partial charge in [0.2, 0.25) is 0 Å². The van der Waals surface area contributed by atoms with Crippen LogP contribution in [0.4, 0.5) is 0 Å². The van der Waals surface area contributed by atoms with E-state index in [1.165, 1.54) is 24.0 Å². The predicted molar refractivity (Wildman–Crippen MR) is 76.3 cm³/mol. The molecule has 1 unspecified atom stereocenters. The molecular formula is C15H17ClN2. The van der Waals surface area contributed by atoms with Crippen LogP contribution in [0.25, 0.3) is 10.9 Å². The molecule has 2 heterocycles. The van der Waals surface area contributed by atoms with Crippen molar-refractivity contribution < 1.29 is 0 Å². The first kappa shape index (κ1) is 11.9. The van der Waals surface area contributed by atoms with Gasteiger partial charge in [0.05, 0.1) is 5.52 Å². The lowest BCUT2D eigenvalue weighted by Crippen LogP contribution is -2.28. The second kappa shape index (κ2) is 4.87. The molecule has 18 heavy (non-hydrogen) atoms. The quantitative estimate of drug-likeness (QED) is 0.846. The third-order valence-corrected chi connectivity index (χ3v) is 3.87. The van der Waals surface area contributed by atoms with Crippen molar-refractivity contribution in [3.63, 3.8) is 0 Å². The zero-order chi connectivity index (χ0) is 12.5. The molecule has 94 valence electrons. The lowest BCUT2D eigenvalue weighted by atomic mass is 9.90. The number of halogens is 1. The minimum atomic E-state index is 0.537. The van der Waals surface area contributed by atoms with E-state index in [-0.39, 0.29) is 0 Å². The first-order chi connectivity index (χ1) is 8.74. The fraction of sp³-hybridized carbons (Fsp3) is 0.400. The SMILES string of the molecule is Cc1cnc2c(C3CCCNC3)cc(Cl)cc2c1. The molecule has 0 spiro atoms. The van der Waals surface area contributed by atoms with Gasteiger partial charge in [0.1, 0.15) is 0 Å². The van der Waals surface area contributed by atoms with Crippen LogP contribution in [0.5, 0.6) is 0 Å². The van der Waals surface area contributed by atoms with E-state index in [1.807, 2.05) is 12.3 Å². The molecule has 2 aromatic rings. The topological polar surface area (TPSA) is 24.9 Å². The summed E-state index contributed by atoms with van der Waals surface area (Å²) in [6.07, 6.45) is 4.39. The predicted octanol–water partition coefficient (Wildman–Crippen LogP) is 3.66. The van der Waals surface area contributed by atoms with Crippen molar-refractivity contribution in [3.05, 3.63) is 40.5 Å². The molecule has 1 fully saturated rings. The highest BCUT2D eigenvalue weighted by atomic mass is 35.5. The number of nitrogens with one attached hydrogen (secondary N) is 1. The summed E-state index contributed by atoms with van der Waals surface area (Å²) in [5.74, 6) is 0.537. The number of hydrogen-bond donors (Lipinski definition) is 1. The maximum Gasteiger partial charge on any atom is 0.0738 e. The van der Waals surface area contributed by atoms with Crippen LogP contribution in [0.15, 0.2) is 24.4 Å². The van der Waals surface area contributed by atoms with E-state index < -0.39 is 0 Å². The van der Waals surface area contributed by atoms with Gasteiger partial charge in [-0.05, 0) is 61.6 Å². The number of aromatic nitrogens is 1. The van der Waals surface area contributed by atoms with Crippen molar-refractivity contribution in [3.8, 4) is 0 Å². The van der Waals surface area contributed by atoms with E-state index in [9.17, 15) is 0 Å². The summed E-state index contributed by atoms with van der Waals surface area (Å²) in [5.41, 5.74) is 3.58. The normalized spacial score (nSPS) is 20.2. The van der Waals surface area contributed by atoms with Crippen molar-refractivity contribution >= 4 is 22.5 Å². The van der Waals surface area contributed by atoms with E-state index >= 15 is 0 Å². The summed E-state index contributed by atoms with van der Waals surface area (Å²) in [4.78, 5) is 4.61. The van der Waals surface area contributed by atoms with Crippen molar-refractivity contribution in [2.75, 3.05) is 13.1 Å². The summed E-state index contributed by atoms with van der Waals surface area (Å²) in [5, 5.41) is 5.43. The Morgan fingerprint density at radius 3 is 3.00 bits per heavy atom. The molecule has 1 saturated heterocycles. The number of rotatable bonds is 1. The Morgan fingerprint density at radius 1 is 1.33 bits per heavy atom. The van der Waals surface area contributed by atoms with Gasteiger partial charge in [-0.15, -0.1) is 0 Å². The molecule has 1 aromatic carbocycles. The third-order valence-electron chi connectivity index (χ3n) is 3.65. The Bertz CT molecular complexity index is 569. The summed E-state index contributed by atoms with van der Waals surface area (Å²) in [6, 6.07) is 6.26. The zero-order valence-corrected chi connectivity index (χ0v) is 11.3. The molecule has 0 aliphatic carbocycles. The Morgan fingerprint density at radius 2 is 2.22 bits per heavy atom. The number of piperidine rings is 1. The Kier molecular flexibility index (Phi) is 3.23. The molecule has 1 aromatic heterocycles. The highest BCUT2D eigenvalue weighted by molar-refractivity contribution is 6.31. The second-order valence-corrected chi connectivity index (χ2v) is 5.56. The lowest BCUT2D eigenvalue weighted by molar-refractivity contribution is 0.463. The first-order valence-electron chi connectivity index (χ1n) is 6.50. The van der Waals surface area contributed by atoms with Gasteiger partial charge in [0.15, 0.2) is 0 Å². The summed E-state index contributed by atoms with van der Waals surface area (Å²) in [6.45, 7) is 4.22. The van der Waals surface area contributed by atoms with Gasteiger partial charge < -0.3 is 5.32 Å². The number of fused-ring (bicyclic) bond motifs is 1. The van der Waals surface area contributed by atoms with Gasteiger partial charge in [-0.3, -0.25) is 4.98 Å². The van der Waals surface area contributed by atoms with Gasteiger partial charge in [-0.25, -0.2) is 0 Å². The molecule has 1 aliphatic heterocycles. The Balaban J connectivity index is 2.14. The number of pyridine rings is 1. The van der Waals surface area contributed by atoms with Crippen molar-refractivity contribution in [2.45, 2.75) is 25.7 Å². The number of hydrogen-bond acceptors (Lipinski definition) is 2. The minimum Gasteiger partial charge on any atom is -0.316 e. The van der Waals surface area contributed by atoms with E-state index in [4.69, 9.17) is 11.6 Å². The van der Waals surface area contributed by atoms with Crippen molar-refractivity contribution in [1.82, 2.24) is 10.3 Å². The molecule has 1 aliphatic rings. The highest BCUT2D eigenvalue weighted by Gasteiger charge is 2.18. The fourth-order valence-corrected chi connectivity index (χ4v) is 3.01. The van der Waals surface area contributed by atoms with Crippen LogP contribution in [-0.2, 0) is 0 Å². The molecule has 3 rings (SSSR count). The highest BCUT2D eigenvalue weighted by Crippen LogP contribution is 2.31. The van der Waals surface area contributed by atoms with Gasteiger partial charge in [-0.2, -0.15) is 0 Å². The molecule has 0 radical (unpaired) electrons. The Hall–Kier alpha value is -1.12. The monoisotopic (exact) mass is 260 g/mol. The van der Waals surface area contributed by atoms with Crippen LogP contribution >= 0.6 is 11.6 Å². The fourth-order valence-electron chi connectivity index (χ4n) is 2.78. The molecule has 1 atom stereocenters. The van der Waals surface area contributed by atoms with Gasteiger partial charge >= 0.3 is 0 Å². The summed E-state index contributed by atoms with van der Waals surface area (Å²) in [7, 11) is 0. The first-order valence-corrected chi connectivity index (χ1v) is 6.88. The maximum absolute atomic E-state index is 6.25. The van der Waals surface area contributed by atoms with Gasteiger partial charge in [0, 0.05) is 23.2 Å². The third kappa shape index (κ3) is 2.23. The number of benzene rings is 1. The maximum atomic E-state index is 6.25. The second-order valence-electron chi connectivity index (χ2n) is 5.12. The molecule has 0 amide bonds. The molecule has 0 bridgehead atoms. The van der Waals surface area contributed by atoms with Gasteiger partial charge in [0.25, 0.3) is 0 Å². The van der Waals surface area contributed by atoms with Crippen LogP contribution in [-0.4, -0.2) is 18.1 Å². The smallest absolute Gasteiger partial charge is 0.0738 e. The van der Waals surface area contributed by atoms with E-state index in [0.29, 0.717) is 5.92 Å². The van der Waals surface area contributed by atoms with E-state index in [0.717, 1.165) is 29.0 Å². The van der Waals surface area contributed by atoms with Crippen LogP contribution in [0.1, 0.15) is 29.9 Å². The van der Waals surface area contributed by atoms with Gasteiger partial charge in [-0.1, -0.05) is 11.6 Å². The molecule has 1 N–H and O–H groups in total. The average Bonchev–Trinajstić information content (AvgIpc) is 2.38.